The second kappa shape index (κ2) is 4.97. The molecule has 1 aliphatic rings. The average Bonchev–Trinajstić information content (AvgIpc) is 2.42. The summed E-state index contributed by atoms with van der Waals surface area (Å²) in [6.45, 7) is 4.59. The zero-order valence-corrected chi connectivity index (χ0v) is 9.68. The molecule has 0 aliphatic carbocycles. The van der Waals surface area contributed by atoms with E-state index in [9.17, 15) is 0 Å². The molecule has 1 aromatic carbocycles. The van der Waals surface area contributed by atoms with Crippen LogP contribution in [0.4, 0.5) is 0 Å². The highest BCUT2D eigenvalue weighted by Gasteiger charge is 2.18. The molecule has 0 spiro atoms. The molecule has 1 heterocycles. The number of likely N-dealkylation sites (N-methyl/N-ethyl adjacent to an activating group) is 1. The van der Waals surface area contributed by atoms with E-state index in [1.165, 1.54) is 11.1 Å². The molecule has 0 radical (unpaired) electrons. The van der Waals surface area contributed by atoms with Gasteiger partial charge in [0.1, 0.15) is 0 Å². The summed E-state index contributed by atoms with van der Waals surface area (Å²) in [7, 11) is 0. The van der Waals surface area contributed by atoms with Crippen molar-refractivity contribution in [3.63, 3.8) is 0 Å². The summed E-state index contributed by atoms with van der Waals surface area (Å²) in [6.07, 6.45) is 0.981. The summed E-state index contributed by atoms with van der Waals surface area (Å²) in [5.41, 5.74) is 2.64. The third kappa shape index (κ3) is 2.51. The Morgan fingerprint density at radius 1 is 1.53 bits per heavy atom. The number of hydrogen-bond acceptors (Lipinski definition) is 2. The van der Waals surface area contributed by atoms with Crippen LogP contribution in [0.1, 0.15) is 24.1 Å². The van der Waals surface area contributed by atoms with Crippen molar-refractivity contribution in [1.29, 1.82) is 0 Å². The van der Waals surface area contributed by atoms with Crippen LogP contribution in [0.25, 0.3) is 0 Å². The molecule has 1 aromatic rings. The summed E-state index contributed by atoms with van der Waals surface area (Å²) >= 11 is 6.03. The van der Waals surface area contributed by atoms with Crippen LogP contribution < -0.4 is 5.32 Å². The van der Waals surface area contributed by atoms with Crippen molar-refractivity contribution in [1.82, 2.24) is 5.32 Å². The molecule has 82 valence electrons. The van der Waals surface area contributed by atoms with Gasteiger partial charge in [-0.25, -0.2) is 0 Å². The molecular formula is C12H16ClNO. The van der Waals surface area contributed by atoms with Gasteiger partial charge in [0, 0.05) is 5.02 Å². The van der Waals surface area contributed by atoms with Crippen molar-refractivity contribution in [2.75, 3.05) is 19.8 Å². The Balaban J connectivity index is 2.33. The number of hydrogen-bond donors (Lipinski definition) is 1. The molecule has 0 bridgehead atoms. The molecule has 1 N–H and O–H groups in total. The van der Waals surface area contributed by atoms with Crippen LogP contribution in [0, 0.1) is 0 Å². The standard InChI is InChI=1S/C12H16ClNO/c1-2-14-12-8-15-6-5-9-3-4-10(13)7-11(9)12/h3-4,7,12,14H,2,5-6,8H2,1H3. The van der Waals surface area contributed by atoms with Gasteiger partial charge in [0.05, 0.1) is 19.3 Å². The van der Waals surface area contributed by atoms with E-state index >= 15 is 0 Å². The molecule has 0 saturated carbocycles. The zero-order chi connectivity index (χ0) is 10.7. The van der Waals surface area contributed by atoms with E-state index in [-0.39, 0.29) is 6.04 Å². The topological polar surface area (TPSA) is 21.3 Å². The second-order valence-corrected chi connectivity index (χ2v) is 4.21. The summed E-state index contributed by atoms with van der Waals surface area (Å²) in [5, 5.41) is 4.23. The predicted molar refractivity (Wildman–Crippen MR) is 62.4 cm³/mol. The molecule has 15 heavy (non-hydrogen) atoms. The van der Waals surface area contributed by atoms with Crippen LogP contribution in [0.2, 0.25) is 5.02 Å². The van der Waals surface area contributed by atoms with Gasteiger partial charge < -0.3 is 10.1 Å². The maximum Gasteiger partial charge on any atom is 0.0661 e. The fourth-order valence-electron chi connectivity index (χ4n) is 2.01. The van der Waals surface area contributed by atoms with Gasteiger partial charge in [0.15, 0.2) is 0 Å². The van der Waals surface area contributed by atoms with Crippen LogP contribution in [0.5, 0.6) is 0 Å². The number of nitrogens with one attached hydrogen (secondary N) is 1. The first-order chi connectivity index (χ1) is 7.31. The highest BCUT2D eigenvalue weighted by Crippen LogP contribution is 2.25. The Bertz CT molecular complexity index is 340. The molecule has 2 rings (SSSR count). The maximum absolute atomic E-state index is 6.03. The minimum atomic E-state index is 0.284. The van der Waals surface area contributed by atoms with Gasteiger partial charge in [0.2, 0.25) is 0 Å². The highest BCUT2D eigenvalue weighted by molar-refractivity contribution is 6.30. The molecule has 0 fully saturated rings. The third-order valence-electron chi connectivity index (χ3n) is 2.73. The van der Waals surface area contributed by atoms with Crippen molar-refractivity contribution >= 4 is 11.6 Å². The van der Waals surface area contributed by atoms with Crippen molar-refractivity contribution in [3.8, 4) is 0 Å². The lowest BCUT2D eigenvalue weighted by Crippen LogP contribution is -2.24. The molecule has 1 unspecified atom stereocenters. The van der Waals surface area contributed by atoms with Crippen molar-refractivity contribution in [2.24, 2.45) is 0 Å². The fourth-order valence-corrected chi connectivity index (χ4v) is 2.19. The van der Waals surface area contributed by atoms with Gasteiger partial charge in [-0.05, 0) is 36.2 Å². The normalized spacial score (nSPS) is 20.8. The lowest BCUT2D eigenvalue weighted by molar-refractivity contribution is 0.122. The number of fused-ring (bicyclic) bond motifs is 1. The number of benzene rings is 1. The van der Waals surface area contributed by atoms with Crippen LogP contribution in [-0.4, -0.2) is 19.8 Å². The molecule has 0 amide bonds. The Morgan fingerprint density at radius 3 is 3.20 bits per heavy atom. The Kier molecular flexibility index (Phi) is 3.62. The quantitative estimate of drug-likeness (QED) is 0.836. The molecule has 0 aromatic heterocycles. The Hall–Kier alpha value is -0.570. The number of rotatable bonds is 2. The summed E-state index contributed by atoms with van der Waals surface area (Å²) in [6, 6.07) is 6.40. The van der Waals surface area contributed by atoms with Crippen LogP contribution in [0.3, 0.4) is 0 Å². The fraction of sp³-hybridized carbons (Fsp3) is 0.500. The van der Waals surface area contributed by atoms with Gasteiger partial charge in [-0.1, -0.05) is 24.6 Å². The largest absolute Gasteiger partial charge is 0.379 e. The Labute approximate surface area is 95.6 Å². The van der Waals surface area contributed by atoms with Crippen LogP contribution >= 0.6 is 11.6 Å². The lowest BCUT2D eigenvalue weighted by atomic mass is 9.99. The SMILES string of the molecule is CCNC1COCCc2ccc(Cl)cc21. The van der Waals surface area contributed by atoms with E-state index in [4.69, 9.17) is 16.3 Å². The second-order valence-electron chi connectivity index (χ2n) is 3.78. The minimum Gasteiger partial charge on any atom is -0.379 e. The van der Waals surface area contributed by atoms with E-state index in [2.05, 4.69) is 24.4 Å². The molecule has 1 aliphatic heterocycles. The summed E-state index contributed by atoms with van der Waals surface area (Å²) in [4.78, 5) is 0. The van der Waals surface area contributed by atoms with Gasteiger partial charge in [-0.2, -0.15) is 0 Å². The number of halogens is 1. The molecule has 3 heteroatoms. The Morgan fingerprint density at radius 2 is 2.40 bits per heavy atom. The van der Waals surface area contributed by atoms with Gasteiger partial charge in [-0.3, -0.25) is 0 Å². The average molecular weight is 226 g/mol. The highest BCUT2D eigenvalue weighted by atomic mass is 35.5. The first kappa shape index (κ1) is 10.9. The molecule has 1 atom stereocenters. The predicted octanol–water partition coefficient (Wildman–Crippen LogP) is 2.56. The monoisotopic (exact) mass is 225 g/mol. The minimum absolute atomic E-state index is 0.284. The molecular weight excluding hydrogens is 210 g/mol. The van der Waals surface area contributed by atoms with Crippen molar-refractivity contribution < 1.29 is 4.74 Å². The molecule has 2 nitrogen and oxygen atoms in total. The van der Waals surface area contributed by atoms with E-state index in [0.717, 1.165) is 31.2 Å². The summed E-state index contributed by atoms with van der Waals surface area (Å²) in [5.74, 6) is 0. The van der Waals surface area contributed by atoms with Crippen molar-refractivity contribution in [3.05, 3.63) is 34.3 Å². The van der Waals surface area contributed by atoms with E-state index in [0.29, 0.717) is 0 Å². The van der Waals surface area contributed by atoms with Gasteiger partial charge in [0.25, 0.3) is 0 Å². The number of ether oxygens (including phenoxy) is 1. The van der Waals surface area contributed by atoms with Crippen LogP contribution in [0.15, 0.2) is 18.2 Å². The smallest absolute Gasteiger partial charge is 0.0661 e. The zero-order valence-electron chi connectivity index (χ0n) is 8.92. The lowest BCUT2D eigenvalue weighted by Gasteiger charge is -2.17. The van der Waals surface area contributed by atoms with Crippen LogP contribution in [-0.2, 0) is 11.2 Å². The first-order valence-corrected chi connectivity index (χ1v) is 5.78. The van der Waals surface area contributed by atoms with Crippen molar-refractivity contribution in [2.45, 2.75) is 19.4 Å². The van der Waals surface area contributed by atoms with Gasteiger partial charge >= 0.3 is 0 Å². The van der Waals surface area contributed by atoms with E-state index in [1.807, 2.05) is 6.07 Å². The molecule has 0 saturated heterocycles. The maximum atomic E-state index is 6.03. The van der Waals surface area contributed by atoms with E-state index < -0.39 is 0 Å². The summed E-state index contributed by atoms with van der Waals surface area (Å²) < 4.78 is 5.58. The van der Waals surface area contributed by atoms with E-state index in [1.54, 1.807) is 0 Å². The first-order valence-electron chi connectivity index (χ1n) is 5.40. The van der Waals surface area contributed by atoms with Gasteiger partial charge in [-0.15, -0.1) is 0 Å². The third-order valence-corrected chi connectivity index (χ3v) is 2.97.